The highest BCUT2D eigenvalue weighted by atomic mass is 35.5. The summed E-state index contributed by atoms with van der Waals surface area (Å²) in [6.07, 6.45) is 1.39. The zero-order valence-corrected chi connectivity index (χ0v) is 21.5. The van der Waals surface area contributed by atoms with Crippen LogP contribution < -0.4 is 5.32 Å². The Morgan fingerprint density at radius 1 is 1.34 bits per heavy atom. The van der Waals surface area contributed by atoms with E-state index in [0.29, 0.717) is 39.9 Å². The molecule has 2 aromatic heterocycles. The van der Waals surface area contributed by atoms with Gasteiger partial charge in [-0.2, -0.15) is 9.57 Å². The first kappa shape index (κ1) is 24.2. The zero-order chi connectivity index (χ0) is 24.7. The highest BCUT2D eigenvalue weighted by Gasteiger charge is 2.38. The molecule has 0 spiro atoms. The summed E-state index contributed by atoms with van der Waals surface area (Å²) in [4.78, 5) is 23.8. The number of nitrogens with one attached hydrogen (secondary N) is 2. The van der Waals surface area contributed by atoms with Gasteiger partial charge in [0.2, 0.25) is 0 Å². The molecule has 0 radical (unpaired) electrons. The third-order valence-electron chi connectivity index (χ3n) is 6.54. The average Bonchev–Trinajstić information content (AvgIpc) is 3.46. The molecule has 5 rings (SSSR count). The molecule has 1 aromatic carbocycles. The van der Waals surface area contributed by atoms with E-state index in [1.807, 2.05) is 0 Å². The fourth-order valence-electron chi connectivity index (χ4n) is 4.67. The maximum atomic E-state index is 13.4. The molecular formula is C23H25ClN6O3S2. The Morgan fingerprint density at radius 2 is 2.17 bits per heavy atom. The monoisotopic (exact) mass is 532 g/mol. The van der Waals surface area contributed by atoms with E-state index in [1.165, 1.54) is 15.6 Å². The van der Waals surface area contributed by atoms with Crippen LogP contribution in [-0.4, -0.2) is 65.2 Å². The Kier molecular flexibility index (Phi) is 6.59. The van der Waals surface area contributed by atoms with Crippen LogP contribution in [0.2, 0.25) is 5.02 Å². The van der Waals surface area contributed by atoms with Crippen molar-refractivity contribution in [3.05, 3.63) is 44.9 Å². The fourth-order valence-corrected chi connectivity index (χ4v) is 7.33. The number of carbonyl (C=O) groups is 1. The van der Waals surface area contributed by atoms with Crippen LogP contribution >= 0.6 is 22.9 Å². The first-order valence-electron chi connectivity index (χ1n) is 11.4. The summed E-state index contributed by atoms with van der Waals surface area (Å²) in [5, 5.41) is 14.3. The second kappa shape index (κ2) is 9.52. The molecule has 0 bridgehead atoms. The Hall–Kier alpha value is -2.49. The molecule has 1 amide bonds. The minimum absolute atomic E-state index is 0.0859. The van der Waals surface area contributed by atoms with Crippen molar-refractivity contribution in [1.29, 1.82) is 5.26 Å². The van der Waals surface area contributed by atoms with Crippen molar-refractivity contribution in [3.63, 3.8) is 0 Å². The van der Waals surface area contributed by atoms with E-state index in [1.54, 1.807) is 29.2 Å². The van der Waals surface area contributed by atoms with Gasteiger partial charge < -0.3 is 15.2 Å². The molecule has 9 nitrogen and oxygen atoms in total. The van der Waals surface area contributed by atoms with Gasteiger partial charge >= 0.3 is 0 Å². The third kappa shape index (κ3) is 4.69. The van der Waals surface area contributed by atoms with Crippen molar-refractivity contribution in [3.8, 4) is 6.07 Å². The zero-order valence-electron chi connectivity index (χ0n) is 19.1. The van der Waals surface area contributed by atoms with Crippen LogP contribution in [0.25, 0.3) is 10.9 Å². The summed E-state index contributed by atoms with van der Waals surface area (Å²) in [5.74, 6) is -0.197. The van der Waals surface area contributed by atoms with Crippen molar-refractivity contribution in [1.82, 2.24) is 24.5 Å². The molecule has 3 aromatic rings. The predicted octanol–water partition coefficient (Wildman–Crippen LogP) is 3.13. The largest absolute Gasteiger partial charge is 0.345 e. The van der Waals surface area contributed by atoms with Crippen LogP contribution in [0.5, 0.6) is 0 Å². The summed E-state index contributed by atoms with van der Waals surface area (Å²) in [6, 6.07) is 8.75. The number of benzene rings is 1. The van der Waals surface area contributed by atoms with Gasteiger partial charge in [0.25, 0.3) is 15.9 Å². The van der Waals surface area contributed by atoms with E-state index in [2.05, 4.69) is 28.3 Å². The van der Waals surface area contributed by atoms with E-state index in [-0.39, 0.29) is 37.0 Å². The summed E-state index contributed by atoms with van der Waals surface area (Å²) < 4.78 is 28.3. The highest BCUT2D eigenvalue weighted by molar-refractivity contribution is 7.89. The number of thiazole rings is 1. The molecule has 2 aliphatic rings. The van der Waals surface area contributed by atoms with Gasteiger partial charge in [0.15, 0.2) is 5.01 Å². The van der Waals surface area contributed by atoms with Crippen LogP contribution in [-0.2, 0) is 23.0 Å². The first-order valence-corrected chi connectivity index (χ1v) is 14.1. The number of carbonyl (C=O) groups excluding carboxylic acids is 1. The molecule has 2 N–H and O–H groups in total. The topological polar surface area (TPSA) is 122 Å². The SMILES string of the molecule is CC1Cc2nc(C(=O)N3CCN(S(=O)(=O)c4cc5cc(Cl)ccc5[nH]4)CC3CCC#N)sc2CN1. The number of aromatic amines is 1. The number of hydrogen-bond donors (Lipinski definition) is 2. The van der Waals surface area contributed by atoms with Gasteiger partial charge in [-0.1, -0.05) is 11.6 Å². The minimum Gasteiger partial charge on any atom is -0.345 e. The maximum absolute atomic E-state index is 13.4. The molecule has 2 atom stereocenters. The van der Waals surface area contributed by atoms with E-state index >= 15 is 0 Å². The Balaban J connectivity index is 1.38. The standard InChI is InChI=1S/C23H25ClN6O3S2/c1-14-9-19-20(12-26-14)34-22(28-19)23(31)30-8-7-29(13-17(30)3-2-6-25)35(32,33)21-11-15-10-16(24)4-5-18(15)27-21/h4-5,10-11,14,17,26-27H,2-3,7-9,12-13H2,1H3. The molecule has 0 saturated carbocycles. The number of halogens is 1. The smallest absolute Gasteiger partial charge is 0.283 e. The Bertz CT molecular complexity index is 1430. The molecule has 2 unspecified atom stereocenters. The van der Waals surface area contributed by atoms with E-state index < -0.39 is 16.1 Å². The van der Waals surface area contributed by atoms with Crippen molar-refractivity contribution in [2.75, 3.05) is 19.6 Å². The van der Waals surface area contributed by atoms with Gasteiger partial charge in [0.1, 0.15) is 5.03 Å². The number of H-pyrrole nitrogens is 1. The number of nitriles is 1. The van der Waals surface area contributed by atoms with Gasteiger partial charge in [-0.3, -0.25) is 4.79 Å². The fraction of sp³-hybridized carbons (Fsp3) is 0.435. The molecular weight excluding hydrogens is 508 g/mol. The van der Waals surface area contributed by atoms with E-state index in [9.17, 15) is 13.2 Å². The Labute approximate surface area is 212 Å². The molecule has 4 heterocycles. The number of aromatic nitrogens is 2. The number of rotatable bonds is 5. The summed E-state index contributed by atoms with van der Waals surface area (Å²) in [6.45, 7) is 3.30. The van der Waals surface area contributed by atoms with Crippen molar-refractivity contribution >= 4 is 49.8 Å². The van der Waals surface area contributed by atoms with Crippen LogP contribution in [0.1, 0.15) is 40.1 Å². The number of nitrogens with zero attached hydrogens (tertiary/aromatic N) is 4. The number of piperazine rings is 1. The van der Waals surface area contributed by atoms with E-state index in [4.69, 9.17) is 16.9 Å². The number of hydrogen-bond acceptors (Lipinski definition) is 7. The second-order valence-electron chi connectivity index (χ2n) is 8.95. The normalized spacial score (nSPS) is 21.1. The summed E-state index contributed by atoms with van der Waals surface area (Å²) >= 11 is 7.44. The van der Waals surface area contributed by atoms with Crippen LogP contribution in [0.15, 0.2) is 29.3 Å². The highest BCUT2D eigenvalue weighted by Crippen LogP contribution is 2.29. The lowest BCUT2D eigenvalue weighted by Gasteiger charge is -2.40. The van der Waals surface area contributed by atoms with Crippen molar-refractivity contribution in [2.45, 2.75) is 49.8 Å². The molecule has 184 valence electrons. The lowest BCUT2D eigenvalue weighted by atomic mass is 10.1. The van der Waals surface area contributed by atoms with E-state index in [0.717, 1.165) is 17.0 Å². The molecule has 1 saturated heterocycles. The summed E-state index contributed by atoms with van der Waals surface area (Å²) in [7, 11) is -3.82. The lowest BCUT2D eigenvalue weighted by molar-refractivity contribution is 0.0552. The molecule has 35 heavy (non-hydrogen) atoms. The average molecular weight is 533 g/mol. The Morgan fingerprint density at radius 3 is 2.97 bits per heavy atom. The minimum atomic E-state index is -3.82. The van der Waals surface area contributed by atoms with Gasteiger partial charge in [-0.15, -0.1) is 11.3 Å². The number of amides is 1. The molecule has 2 aliphatic heterocycles. The maximum Gasteiger partial charge on any atom is 0.283 e. The molecule has 0 aliphatic carbocycles. The first-order chi connectivity index (χ1) is 16.8. The van der Waals surface area contributed by atoms with Crippen LogP contribution in [0.4, 0.5) is 0 Å². The van der Waals surface area contributed by atoms with Gasteiger partial charge in [-0.25, -0.2) is 13.4 Å². The van der Waals surface area contributed by atoms with Gasteiger partial charge in [-0.05, 0) is 37.6 Å². The molecule has 12 heteroatoms. The quantitative estimate of drug-likeness (QED) is 0.520. The summed E-state index contributed by atoms with van der Waals surface area (Å²) in [5.41, 5.74) is 1.64. The van der Waals surface area contributed by atoms with Crippen molar-refractivity contribution < 1.29 is 13.2 Å². The number of sulfonamides is 1. The van der Waals surface area contributed by atoms with Crippen LogP contribution in [0.3, 0.4) is 0 Å². The van der Waals surface area contributed by atoms with Gasteiger partial charge in [0, 0.05) is 71.9 Å². The predicted molar refractivity (Wildman–Crippen MR) is 134 cm³/mol. The van der Waals surface area contributed by atoms with Crippen LogP contribution in [0, 0.1) is 11.3 Å². The van der Waals surface area contributed by atoms with Crippen molar-refractivity contribution in [2.24, 2.45) is 0 Å². The number of fused-ring (bicyclic) bond motifs is 2. The van der Waals surface area contributed by atoms with Gasteiger partial charge in [0.05, 0.1) is 11.8 Å². The lowest BCUT2D eigenvalue weighted by Crippen LogP contribution is -2.56. The molecule has 1 fully saturated rings. The third-order valence-corrected chi connectivity index (χ3v) is 9.65. The second-order valence-corrected chi connectivity index (χ2v) is 12.4.